The molecule has 1 aromatic carbocycles. The Morgan fingerprint density at radius 1 is 1.28 bits per heavy atom. The number of fused-ring (bicyclic) bond motifs is 1. The van der Waals surface area contributed by atoms with Crippen LogP contribution in [-0.2, 0) is 22.4 Å². The minimum atomic E-state index is -0.940. The average Bonchev–Trinajstić information content (AvgIpc) is 2.72. The summed E-state index contributed by atoms with van der Waals surface area (Å²) in [5, 5.41) is 21.8. The van der Waals surface area contributed by atoms with E-state index in [2.05, 4.69) is 25.7 Å². The molecule has 2 N–H and O–H groups in total. The van der Waals surface area contributed by atoms with Crippen molar-refractivity contribution in [1.29, 1.82) is 0 Å². The van der Waals surface area contributed by atoms with E-state index in [0.29, 0.717) is 57.3 Å². The van der Waals surface area contributed by atoms with Crippen LogP contribution in [0.15, 0.2) is 12.1 Å². The first kappa shape index (κ1) is 23.8. The fourth-order valence-electron chi connectivity index (χ4n) is 5.25. The number of morpholine rings is 1. The van der Waals surface area contributed by atoms with Gasteiger partial charge in [0.2, 0.25) is 0 Å². The molecule has 0 saturated carbocycles. The van der Waals surface area contributed by atoms with Crippen molar-refractivity contribution in [3.8, 4) is 0 Å². The van der Waals surface area contributed by atoms with E-state index in [1.54, 1.807) is 0 Å². The second-order valence-corrected chi connectivity index (χ2v) is 11.0. The Morgan fingerprint density at radius 2 is 2.06 bits per heavy atom. The molecule has 4 rings (SSSR count). The number of carboxylic acid groups (broad SMARTS) is 1. The molecule has 0 aromatic heterocycles. The Labute approximate surface area is 195 Å². The maximum Gasteiger partial charge on any atom is 0.407 e. The SMILES string of the molecule is CC(C)(C)C1CC(O)(CN2CCc3cc(Cl)cc(C4COCCN4C(=O)O)c3C2)CCO1. The lowest BCUT2D eigenvalue weighted by Gasteiger charge is -2.45. The maximum atomic E-state index is 11.9. The predicted octanol–water partition coefficient (Wildman–Crippen LogP) is 3.71. The maximum absolute atomic E-state index is 11.9. The van der Waals surface area contributed by atoms with Crippen LogP contribution in [0.1, 0.15) is 56.3 Å². The van der Waals surface area contributed by atoms with Crippen molar-refractivity contribution in [1.82, 2.24) is 9.80 Å². The van der Waals surface area contributed by atoms with Crippen LogP contribution in [0.25, 0.3) is 0 Å². The highest BCUT2D eigenvalue weighted by Gasteiger charge is 2.41. The van der Waals surface area contributed by atoms with E-state index in [4.69, 9.17) is 21.1 Å². The van der Waals surface area contributed by atoms with Crippen LogP contribution < -0.4 is 0 Å². The summed E-state index contributed by atoms with van der Waals surface area (Å²) in [4.78, 5) is 15.6. The van der Waals surface area contributed by atoms with Crippen molar-refractivity contribution in [3.05, 3.63) is 33.8 Å². The van der Waals surface area contributed by atoms with Gasteiger partial charge < -0.3 is 19.7 Å². The third-order valence-corrected chi connectivity index (χ3v) is 7.31. The second-order valence-electron chi connectivity index (χ2n) is 10.6. The van der Waals surface area contributed by atoms with Gasteiger partial charge in [-0.1, -0.05) is 32.4 Å². The zero-order chi connectivity index (χ0) is 23.1. The van der Waals surface area contributed by atoms with Crippen LogP contribution in [0.2, 0.25) is 5.02 Å². The number of amides is 1. The molecule has 0 aliphatic carbocycles. The zero-order valence-corrected chi connectivity index (χ0v) is 20.0. The number of ether oxygens (including phenoxy) is 2. The summed E-state index contributed by atoms with van der Waals surface area (Å²) in [5.41, 5.74) is 2.39. The molecule has 0 spiro atoms. The van der Waals surface area contributed by atoms with Crippen LogP contribution in [-0.4, -0.2) is 77.3 Å². The van der Waals surface area contributed by atoms with E-state index in [-0.39, 0.29) is 17.6 Å². The van der Waals surface area contributed by atoms with Gasteiger partial charge in [-0.05, 0) is 40.7 Å². The number of carbonyl (C=O) groups is 1. The van der Waals surface area contributed by atoms with Crippen molar-refractivity contribution in [2.45, 2.75) is 64.3 Å². The molecular weight excluding hydrogens is 432 g/mol. The first-order valence-electron chi connectivity index (χ1n) is 11.5. The van der Waals surface area contributed by atoms with E-state index in [1.807, 2.05) is 12.1 Å². The molecule has 0 bridgehead atoms. The summed E-state index contributed by atoms with van der Waals surface area (Å²) in [7, 11) is 0. The van der Waals surface area contributed by atoms with Gasteiger partial charge in [0.25, 0.3) is 0 Å². The van der Waals surface area contributed by atoms with Crippen LogP contribution >= 0.6 is 11.6 Å². The van der Waals surface area contributed by atoms with Gasteiger partial charge in [0.1, 0.15) is 0 Å². The molecular formula is C24H35ClN2O5. The van der Waals surface area contributed by atoms with Gasteiger partial charge >= 0.3 is 6.09 Å². The van der Waals surface area contributed by atoms with E-state index >= 15 is 0 Å². The standard InChI is InChI=1S/C24H35ClN2O5/c1-23(2,3)21-12-24(30,5-8-32-21)15-26-6-4-16-10-17(25)11-18(19(16)13-26)20-14-31-9-7-27(20)22(28)29/h10-11,20-21,30H,4-9,12-15H2,1-3H3,(H,28,29). The number of rotatable bonds is 3. The number of aliphatic hydroxyl groups is 1. The Hall–Kier alpha value is -1.38. The van der Waals surface area contributed by atoms with Gasteiger partial charge in [-0.25, -0.2) is 4.79 Å². The number of benzene rings is 1. The third kappa shape index (κ3) is 5.07. The Bertz CT molecular complexity index is 858. The molecule has 2 saturated heterocycles. The molecule has 3 aliphatic rings. The molecule has 32 heavy (non-hydrogen) atoms. The highest BCUT2D eigenvalue weighted by molar-refractivity contribution is 6.30. The summed E-state index contributed by atoms with van der Waals surface area (Å²) in [6, 6.07) is 3.51. The first-order chi connectivity index (χ1) is 15.1. The number of nitrogens with zero attached hydrogens (tertiary/aromatic N) is 2. The fourth-order valence-corrected chi connectivity index (χ4v) is 5.50. The Morgan fingerprint density at radius 3 is 2.78 bits per heavy atom. The molecule has 3 unspecified atom stereocenters. The fraction of sp³-hybridized carbons (Fsp3) is 0.708. The lowest BCUT2D eigenvalue weighted by atomic mass is 9.78. The molecule has 8 heteroatoms. The lowest BCUT2D eigenvalue weighted by Crippen LogP contribution is -2.52. The van der Waals surface area contributed by atoms with Gasteiger partial charge in [-0.3, -0.25) is 9.80 Å². The summed E-state index contributed by atoms with van der Waals surface area (Å²) in [5.74, 6) is 0. The van der Waals surface area contributed by atoms with E-state index in [0.717, 1.165) is 29.7 Å². The van der Waals surface area contributed by atoms with Gasteiger partial charge in [0.15, 0.2) is 0 Å². The highest BCUT2D eigenvalue weighted by Crippen LogP contribution is 2.38. The number of β-amino-alcohol motifs (C(OH)–C–C–N with tert-alkyl or cyclic N) is 1. The molecule has 1 aromatic rings. The minimum Gasteiger partial charge on any atom is -0.465 e. The molecule has 3 heterocycles. The van der Waals surface area contributed by atoms with E-state index in [9.17, 15) is 15.0 Å². The van der Waals surface area contributed by atoms with Crippen molar-refractivity contribution in [2.75, 3.05) is 39.5 Å². The third-order valence-electron chi connectivity index (χ3n) is 7.09. The molecule has 7 nitrogen and oxygen atoms in total. The van der Waals surface area contributed by atoms with E-state index < -0.39 is 11.7 Å². The van der Waals surface area contributed by atoms with Gasteiger partial charge in [0, 0.05) is 50.7 Å². The van der Waals surface area contributed by atoms with Crippen LogP contribution in [0.3, 0.4) is 0 Å². The Balaban J connectivity index is 1.56. The molecule has 1 amide bonds. The second kappa shape index (κ2) is 9.11. The van der Waals surface area contributed by atoms with Crippen molar-refractivity contribution < 1.29 is 24.5 Å². The first-order valence-corrected chi connectivity index (χ1v) is 11.9. The van der Waals surface area contributed by atoms with Crippen molar-refractivity contribution in [2.24, 2.45) is 5.41 Å². The van der Waals surface area contributed by atoms with Crippen molar-refractivity contribution >= 4 is 17.7 Å². The number of halogens is 1. The van der Waals surface area contributed by atoms with E-state index in [1.165, 1.54) is 4.90 Å². The quantitative estimate of drug-likeness (QED) is 0.706. The van der Waals surface area contributed by atoms with Crippen LogP contribution in [0, 0.1) is 5.41 Å². The van der Waals surface area contributed by atoms with Crippen molar-refractivity contribution in [3.63, 3.8) is 0 Å². The zero-order valence-electron chi connectivity index (χ0n) is 19.3. The monoisotopic (exact) mass is 466 g/mol. The topological polar surface area (TPSA) is 82.5 Å². The van der Waals surface area contributed by atoms with Gasteiger partial charge in [0.05, 0.1) is 31.0 Å². The van der Waals surface area contributed by atoms with Crippen LogP contribution in [0.4, 0.5) is 4.79 Å². The summed E-state index contributed by atoms with van der Waals surface area (Å²) >= 11 is 6.43. The minimum absolute atomic E-state index is 0.0198. The smallest absolute Gasteiger partial charge is 0.407 e. The largest absolute Gasteiger partial charge is 0.465 e. The van der Waals surface area contributed by atoms with Crippen LogP contribution in [0.5, 0.6) is 0 Å². The predicted molar refractivity (Wildman–Crippen MR) is 122 cm³/mol. The Kier molecular flexibility index (Phi) is 6.76. The summed E-state index contributed by atoms with van der Waals surface area (Å²) < 4.78 is 11.6. The highest BCUT2D eigenvalue weighted by atomic mass is 35.5. The molecule has 2 fully saturated rings. The lowest BCUT2D eigenvalue weighted by molar-refractivity contribution is -0.144. The normalized spacial score (nSPS) is 29.6. The molecule has 3 aliphatic heterocycles. The summed E-state index contributed by atoms with van der Waals surface area (Å²) in [6.45, 7) is 10.2. The number of hydrogen-bond donors (Lipinski definition) is 2. The van der Waals surface area contributed by atoms with Gasteiger partial charge in [-0.2, -0.15) is 0 Å². The molecule has 178 valence electrons. The molecule has 3 atom stereocenters. The average molecular weight is 467 g/mol. The van der Waals surface area contributed by atoms with Gasteiger partial charge in [-0.15, -0.1) is 0 Å². The summed E-state index contributed by atoms with van der Waals surface area (Å²) in [6.07, 6.45) is 1.15. The molecule has 0 radical (unpaired) electrons. The number of hydrogen-bond acceptors (Lipinski definition) is 5.